The van der Waals surface area contributed by atoms with E-state index in [4.69, 9.17) is 5.73 Å². The van der Waals surface area contributed by atoms with E-state index in [2.05, 4.69) is 0 Å². The van der Waals surface area contributed by atoms with Crippen molar-refractivity contribution in [3.05, 3.63) is 28.8 Å². The molecule has 80 valence electrons. The molecule has 15 heavy (non-hydrogen) atoms. The number of alkyl halides is 3. The highest BCUT2D eigenvalue weighted by molar-refractivity contribution is 5.88. The van der Waals surface area contributed by atoms with Crippen LogP contribution in [0.5, 0.6) is 0 Å². The summed E-state index contributed by atoms with van der Waals surface area (Å²) in [6, 6.07) is 1.39. The molecule has 0 radical (unpaired) electrons. The third kappa shape index (κ3) is 2.15. The van der Waals surface area contributed by atoms with Crippen molar-refractivity contribution in [2.45, 2.75) is 6.18 Å². The highest BCUT2D eigenvalue weighted by Gasteiger charge is 2.34. The molecule has 1 aromatic carbocycles. The molecule has 0 aliphatic rings. The van der Waals surface area contributed by atoms with E-state index in [-0.39, 0.29) is 23.8 Å². The molecule has 0 unspecified atom stereocenters. The van der Waals surface area contributed by atoms with Crippen molar-refractivity contribution in [3.8, 4) is 0 Å². The van der Waals surface area contributed by atoms with Crippen LogP contribution in [0.15, 0.2) is 12.1 Å². The topological polar surface area (TPSA) is 60.2 Å². The molecule has 6 heteroatoms. The molecule has 1 rings (SSSR count). The normalized spacial score (nSPS) is 11.1. The minimum absolute atomic E-state index is 0.0494. The van der Waals surface area contributed by atoms with Gasteiger partial charge in [0.25, 0.3) is 0 Å². The molecular formula is C9H6F3NO2. The van der Waals surface area contributed by atoms with E-state index < -0.39 is 17.3 Å². The van der Waals surface area contributed by atoms with Gasteiger partial charge in [0, 0.05) is 16.8 Å². The number of halogens is 3. The molecule has 0 saturated carbocycles. The molecule has 0 aromatic heterocycles. The van der Waals surface area contributed by atoms with Crippen molar-refractivity contribution in [1.29, 1.82) is 0 Å². The van der Waals surface area contributed by atoms with Gasteiger partial charge in [0.1, 0.15) is 0 Å². The van der Waals surface area contributed by atoms with Gasteiger partial charge in [-0.15, -0.1) is 0 Å². The van der Waals surface area contributed by atoms with Crippen LogP contribution in [-0.2, 0) is 6.18 Å². The minimum Gasteiger partial charge on any atom is -0.398 e. The Morgan fingerprint density at radius 1 is 1.07 bits per heavy atom. The molecule has 0 fully saturated rings. The largest absolute Gasteiger partial charge is 0.417 e. The van der Waals surface area contributed by atoms with E-state index in [9.17, 15) is 22.8 Å². The predicted molar refractivity (Wildman–Crippen MR) is 46.6 cm³/mol. The van der Waals surface area contributed by atoms with Crippen molar-refractivity contribution in [2.24, 2.45) is 0 Å². The summed E-state index contributed by atoms with van der Waals surface area (Å²) in [6.45, 7) is 0. The Morgan fingerprint density at radius 2 is 1.60 bits per heavy atom. The SMILES string of the molecule is Nc1cc(C=O)c(C(F)(F)F)cc1C=O. The van der Waals surface area contributed by atoms with Crippen LogP contribution in [0.4, 0.5) is 18.9 Å². The summed E-state index contributed by atoms with van der Waals surface area (Å²) < 4.78 is 37.1. The molecular weight excluding hydrogens is 211 g/mol. The maximum absolute atomic E-state index is 12.4. The standard InChI is InChI=1S/C9H6F3NO2/c10-9(11,12)7-1-6(4-15)8(13)2-5(7)3-14/h1-4H,13H2. The second kappa shape index (κ2) is 3.72. The first-order valence-corrected chi connectivity index (χ1v) is 3.81. The van der Waals surface area contributed by atoms with E-state index in [0.29, 0.717) is 6.07 Å². The summed E-state index contributed by atoms with van der Waals surface area (Å²) >= 11 is 0. The van der Waals surface area contributed by atoms with Crippen molar-refractivity contribution < 1.29 is 22.8 Å². The van der Waals surface area contributed by atoms with Gasteiger partial charge in [-0.2, -0.15) is 13.2 Å². The number of aldehydes is 2. The molecule has 0 spiro atoms. The van der Waals surface area contributed by atoms with Gasteiger partial charge in [-0.1, -0.05) is 0 Å². The van der Waals surface area contributed by atoms with Crippen LogP contribution in [-0.4, -0.2) is 12.6 Å². The Hall–Kier alpha value is -1.85. The third-order valence-corrected chi connectivity index (χ3v) is 1.81. The lowest BCUT2D eigenvalue weighted by atomic mass is 10.0. The molecule has 1 aromatic rings. The van der Waals surface area contributed by atoms with Crippen LogP contribution in [0.3, 0.4) is 0 Å². The first-order chi connectivity index (χ1) is 6.90. The highest BCUT2D eigenvalue weighted by Crippen LogP contribution is 2.33. The molecule has 3 nitrogen and oxygen atoms in total. The van der Waals surface area contributed by atoms with Crippen LogP contribution in [0.1, 0.15) is 26.3 Å². The lowest BCUT2D eigenvalue weighted by Gasteiger charge is -2.11. The van der Waals surface area contributed by atoms with Crippen LogP contribution >= 0.6 is 0 Å². The Morgan fingerprint density at radius 3 is 2.00 bits per heavy atom. The van der Waals surface area contributed by atoms with Gasteiger partial charge in [-0.3, -0.25) is 9.59 Å². The smallest absolute Gasteiger partial charge is 0.398 e. The zero-order valence-corrected chi connectivity index (χ0v) is 7.34. The van der Waals surface area contributed by atoms with Crippen LogP contribution in [0.2, 0.25) is 0 Å². The van der Waals surface area contributed by atoms with E-state index in [1.165, 1.54) is 0 Å². The summed E-state index contributed by atoms with van der Waals surface area (Å²) in [5.41, 5.74) is 3.09. The number of hydrogen-bond donors (Lipinski definition) is 1. The summed E-state index contributed by atoms with van der Waals surface area (Å²) in [7, 11) is 0. The maximum Gasteiger partial charge on any atom is 0.417 e. The fraction of sp³-hybridized carbons (Fsp3) is 0.111. The number of carbonyl (C=O) groups excluding carboxylic acids is 2. The first kappa shape index (κ1) is 11.2. The molecule has 0 saturated heterocycles. The highest BCUT2D eigenvalue weighted by atomic mass is 19.4. The van der Waals surface area contributed by atoms with Gasteiger partial charge < -0.3 is 5.73 Å². The zero-order valence-electron chi connectivity index (χ0n) is 7.34. The lowest BCUT2D eigenvalue weighted by molar-refractivity contribution is -0.137. The first-order valence-electron chi connectivity index (χ1n) is 3.81. The van der Waals surface area contributed by atoms with Crippen LogP contribution in [0.25, 0.3) is 0 Å². The monoisotopic (exact) mass is 217 g/mol. The maximum atomic E-state index is 12.4. The van der Waals surface area contributed by atoms with Crippen LogP contribution < -0.4 is 5.73 Å². The summed E-state index contributed by atoms with van der Waals surface area (Å²) in [5.74, 6) is 0. The van der Waals surface area contributed by atoms with E-state index in [1.807, 2.05) is 0 Å². The Balaban J connectivity index is 3.49. The van der Waals surface area contributed by atoms with Gasteiger partial charge in [-0.05, 0) is 12.1 Å². The number of hydrogen-bond acceptors (Lipinski definition) is 3. The number of carbonyl (C=O) groups is 2. The van der Waals surface area contributed by atoms with Gasteiger partial charge in [0.15, 0.2) is 12.6 Å². The molecule has 0 heterocycles. The fourth-order valence-electron chi connectivity index (χ4n) is 1.10. The Kier molecular flexibility index (Phi) is 2.78. The Labute approximate surface area is 82.7 Å². The predicted octanol–water partition coefficient (Wildman–Crippen LogP) is 1.91. The van der Waals surface area contributed by atoms with E-state index >= 15 is 0 Å². The van der Waals surface area contributed by atoms with Crippen molar-refractivity contribution >= 4 is 18.3 Å². The average molecular weight is 217 g/mol. The molecule has 0 aliphatic carbocycles. The molecule has 0 aliphatic heterocycles. The fourth-order valence-corrected chi connectivity index (χ4v) is 1.10. The van der Waals surface area contributed by atoms with Gasteiger partial charge in [0.05, 0.1) is 5.56 Å². The number of nitrogens with two attached hydrogens (primary N) is 1. The van der Waals surface area contributed by atoms with Gasteiger partial charge in [0.2, 0.25) is 0 Å². The van der Waals surface area contributed by atoms with Gasteiger partial charge >= 0.3 is 6.18 Å². The number of anilines is 1. The molecule has 0 amide bonds. The minimum atomic E-state index is -4.68. The summed E-state index contributed by atoms with van der Waals surface area (Å²) in [5, 5.41) is 0. The quantitative estimate of drug-likeness (QED) is 0.608. The molecule has 0 bridgehead atoms. The second-order valence-electron chi connectivity index (χ2n) is 2.80. The third-order valence-electron chi connectivity index (χ3n) is 1.81. The summed E-state index contributed by atoms with van der Waals surface area (Å²) in [4.78, 5) is 20.8. The lowest BCUT2D eigenvalue weighted by Crippen LogP contribution is -2.11. The number of benzene rings is 1. The zero-order chi connectivity index (χ0) is 11.6. The summed E-state index contributed by atoms with van der Waals surface area (Å²) in [6.07, 6.45) is -4.42. The van der Waals surface area contributed by atoms with Crippen molar-refractivity contribution in [3.63, 3.8) is 0 Å². The Bertz CT molecular complexity index is 413. The van der Waals surface area contributed by atoms with E-state index in [0.717, 1.165) is 6.07 Å². The van der Waals surface area contributed by atoms with E-state index in [1.54, 1.807) is 0 Å². The van der Waals surface area contributed by atoms with Gasteiger partial charge in [-0.25, -0.2) is 0 Å². The van der Waals surface area contributed by atoms with Crippen LogP contribution in [0, 0.1) is 0 Å². The molecule has 0 atom stereocenters. The average Bonchev–Trinajstić information content (AvgIpc) is 2.15. The van der Waals surface area contributed by atoms with Crippen molar-refractivity contribution in [1.82, 2.24) is 0 Å². The van der Waals surface area contributed by atoms with Crippen molar-refractivity contribution in [2.75, 3.05) is 5.73 Å². The second-order valence-corrected chi connectivity index (χ2v) is 2.80. The number of rotatable bonds is 2. The molecule has 2 N–H and O–H groups in total. The number of nitrogen functional groups attached to an aromatic ring is 1.